The molecule has 3 heterocycles. The Morgan fingerprint density at radius 3 is 2.74 bits per heavy atom. The zero-order valence-electron chi connectivity index (χ0n) is 12.9. The summed E-state index contributed by atoms with van der Waals surface area (Å²) in [5.41, 5.74) is 15.6. The van der Waals surface area contributed by atoms with Gasteiger partial charge in [-0.25, -0.2) is 9.97 Å². The number of hydrogen-bond donors (Lipinski definition) is 3. The summed E-state index contributed by atoms with van der Waals surface area (Å²) in [5, 5.41) is 3.14. The van der Waals surface area contributed by atoms with Gasteiger partial charge in [0.15, 0.2) is 0 Å². The van der Waals surface area contributed by atoms with Crippen molar-refractivity contribution in [3.05, 3.63) is 60.4 Å². The van der Waals surface area contributed by atoms with Crippen LogP contribution in [-0.2, 0) is 0 Å². The second-order valence-corrected chi connectivity index (χ2v) is 5.31. The first-order chi connectivity index (χ1) is 11.0. The van der Waals surface area contributed by atoms with Crippen LogP contribution in [0.25, 0.3) is 17.5 Å². The maximum Gasteiger partial charge on any atom is 0.135 e. The van der Waals surface area contributed by atoms with Crippen molar-refractivity contribution in [2.45, 2.75) is 0 Å². The number of aromatic nitrogens is 2. The summed E-state index contributed by atoms with van der Waals surface area (Å²) in [7, 11) is 1.92. The number of nitrogens with one attached hydrogen (secondary N) is 1. The van der Waals surface area contributed by atoms with E-state index in [1.807, 2.05) is 42.4 Å². The zero-order valence-corrected chi connectivity index (χ0v) is 12.9. The van der Waals surface area contributed by atoms with Gasteiger partial charge in [-0.2, -0.15) is 0 Å². The number of pyridine rings is 2. The summed E-state index contributed by atoms with van der Waals surface area (Å²) >= 11 is 0. The van der Waals surface area contributed by atoms with E-state index in [1.165, 1.54) is 0 Å². The predicted molar refractivity (Wildman–Crippen MR) is 95.2 cm³/mol. The number of hydrogen-bond acceptors (Lipinski definition) is 6. The third-order valence-electron chi connectivity index (χ3n) is 3.66. The lowest BCUT2D eigenvalue weighted by Crippen LogP contribution is -2.15. The molecule has 0 aliphatic carbocycles. The van der Waals surface area contributed by atoms with Gasteiger partial charge < -0.3 is 21.7 Å². The maximum absolute atomic E-state index is 6.09. The van der Waals surface area contributed by atoms with Crippen LogP contribution < -0.4 is 16.8 Å². The first kappa shape index (κ1) is 14.6. The monoisotopic (exact) mass is 306 g/mol. The van der Waals surface area contributed by atoms with Gasteiger partial charge in [0.25, 0.3) is 0 Å². The minimum absolute atomic E-state index is 0.429. The standard InChI is InChI=1S/C17H18N6/c1-10(18)13-4-5-14(20-9-13)21-15-8-12-6-7-23(3)11(2)16(12)17(19)22-15/h4-9H,1-2,18H2,3H3,(H3,19,20,21,22). The lowest BCUT2D eigenvalue weighted by Gasteiger charge is -2.24. The van der Waals surface area contributed by atoms with Crippen LogP contribution in [0.15, 0.2) is 43.8 Å². The predicted octanol–water partition coefficient (Wildman–Crippen LogP) is 2.62. The van der Waals surface area contributed by atoms with Gasteiger partial charge in [-0.05, 0) is 29.8 Å². The molecule has 0 bridgehead atoms. The Hall–Kier alpha value is -3.28. The molecule has 0 spiro atoms. The highest BCUT2D eigenvalue weighted by Gasteiger charge is 2.17. The summed E-state index contributed by atoms with van der Waals surface area (Å²) < 4.78 is 0. The normalized spacial score (nSPS) is 12.9. The fourth-order valence-corrected chi connectivity index (χ4v) is 2.34. The molecule has 0 saturated carbocycles. The van der Waals surface area contributed by atoms with Crippen molar-refractivity contribution in [3.8, 4) is 0 Å². The summed E-state index contributed by atoms with van der Waals surface area (Å²) in [5.74, 6) is 1.70. The van der Waals surface area contributed by atoms with Crippen molar-refractivity contribution in [1.82, 2.24) is 14.9 Å². The van der Waals surface area contributed by atoms with Gasteiger partial charge >= 0.3 is 0 Å². The quantitative estimate of drug-likeness (QED) is 0.807. The molecule has 0 unspecified atom stereocenters. The van der Waals surface area contributed by atoms with E-state index in [2.05, 4.69) is 28.4 Å². The van der Waals surface area contributed by atoms with Crippen LogP contribution in [0.2, 0.25) is 0 Å². The molecular formula is C17H18N6. The van der Waals surface area contributed by atoms with Crippen molar-refractivity contribution >= 4 is 34.9 Å². The molecule has 0 aromatic carbocycles. The highest BCUT2D eigenvalue weighted by Crippen LogP contribution is 2.32. The van der Waals surface area contributed by atoms with Crippen molar-refractivity contribution in [1.29, 1.82) is 0 Å². The van der Waals surface area contributed by atoms with Crippen LogP contribution in [0.1, 0.15) is 16.7 Å². The minimum Gasteiger partial charge on any atom is -0.399 e. The minimum atomic E-state index is 0.429. The van der Waals surface area contributed by atoms with Gasteiger partial charge in [0.1, 0.15) is 17.5 Å². The lowest BCUT2D eigenvalue weighted by atomic mass is 10.0. The number of nitrogen functional groups attached to an aromatic ring is 1. The third-order valence-corrected chi connectivity index (χ3v) is 3.66. The second-order valence-electron chi connectivity index (χ2n) is 5.31. The Morgan fingerprint density at radius 2 is 2.09 bits per heavy atom. The van der Waals surface area contributed by atoms with Gasteiger partial charge in [-0.1, -0.05) is 13.2 Å². The fraction of sp³-hybridized carbons (Fsp3) is 0.0588. The molecule has 2 aromatic heterocycles. The van der Waals surface area contributed by atoms with Crippen molar-refractivity contribution in [2.24, 2.45) is 5.73 Å². The molecule has 0 atom stereocenters. The highest BCUT2D eigenvalue weighted by atomic mass is 15.1. The van der Waals surface area contributed by atoms with E-state index in [1.54, 1.807) is 6.20 Å². The molecule has 23 heavy (non-hydrogen) atoms. The van der Waals surface area contributed by atoms with Crippen LogP contribution >= 0.6 is 0 Å². The van der Waals surface area contributed by atoms with E-state index in [4.69, 9.17) is 11.5 Å². The van der Waals surface area contributed by atoms with Crippen LogP contribution in [0, 0.1) is 0 Å². The Balaban J connectivity index is 1.91. The van der Waals surface area contributed by atoms with E-state index in [-0.39, 0.29) is 0 Å². The van der Waals surface area contributed by atoms with Gasteiger partial charge in [-0.3, -0.25) is 0 Å². The second kappa shape index (κ2) is 5.49. The Bertz CT molecular complexity index is 820. The van der Waals surface area contributed by atoms with Gasteiger partial charge in [0, 0.05) is 42.0 Å². The SMILES string of the molecule is C=C(N)c1ccc(Nc2cc3c(c(N)n2)C(=C)N(C)C=C3)nc1. The Morgan fingerprint density at radius 1 is 1.30 bits per heavy atom. The van der Waals surface area contributed by atoms with Gasteiger partial charge in [-0.15, -0.1) is 0 Å². The van der Waals surface area contributed by atoms with Crippen molar-refractivity contribution < 1.29 is 0 Å². The van der Waals surface area contributed by atoms with E-state index >= 15 is 0 Å². The number of nitrogens with two attached hydrogens (primary N) is 2. The molecule has 6 heteroatoms. The summed E-state index contributed by atoms with van der Waals surface area (Å²) in [6, 6.07) is 5.57. The smallest absolute Gasteiger partial charge is 0.135 e. The first-order valence-electron chi connectivity index (χ1n) is 7.04. The van der Waals surface area contributed by atoms with Gasteiger partial charge in [0.05, 0.1) is 0 Å². The van der Waals surface area contributed by atoms with Crippen LogP contribution in [0.5, 0.6) is 0 Å². The molecule has 3 rings (SSSR count). The molecular weight excluding hydrogens is 288 g/mol. The van der Waals surface area contributed by atoms with Crippen LogP contribution in [0.3, 0.4) is 0 Å². The van der Waals surface area contributed by atoms with Crippen LogP contribution in [0.4, 0.5) is 17.5 Å². The number of anilines is 3. The number of nitrogens with zero attached hydrogens (tertiary/aromatic N) is 3. The lowest BCUT2D eigenvalue weighted by molar-refractivity contribution is 0.656. The molecule has 116 valence electrons. The average molecular weight is 306 g/mol. The molecule has 6 nitrogen and oxygen atoms in total. The van der Waals surface area contributed by atoms with Gasteiger partial charge in [0.2, 0.25) is 0 Å². The Labute approximate surface area is 134 Å². The first-order valence-corrected chi connectivity index (χ1v) is 7.04. The molecule has 0 fully saturated rings. The summed E-state index contributed by atoms with van der Waals surface area (Å²) in [6.45, 7) is 7.72. The van der Waals surface area contributed by atoms with E-state index in [0.29, 0.717) is 23.2 Å². The topological polar surface area (TPSA) is 93.1 Å². The molecule has 0 radical (unpaired) electrons. The number of rotatable bonds is 3. The zero-order chi connectivity index (χ0) is 16.6. The van der Waals surface area contributed by atoms with E-state index in [0.717, 1.165) is 22.4 Å². The summed E-state index contributed by atoms with van der Waals surface area (Å²) in [4.78, 5) is 10.6. The van der Waals surface area contributed by atoms with E-state index < -0.39 is 0 Å². The highest BCUT2D eigenvalue weighted by molar-refractivity contribution is 5.83. The summed E-state index contributed by atoms with van der Waals surface area (Å²) in [6.07, 6.45) is 5.57. The molecule has 0 saturated heterocycles. The number of fused-ring (bicyclic) bond motifs is 1. The average Bonchev–Trinajstić information content (AvgIpc) is 2.51. The molecule has 1 aliphatic heterocycles. The molecule has 0 amide bonds. The molecule has 2 aromatic rings. The van der Waals surface area contributed by atoms with Crippen molar-refractivity contribution in [3.63, 3.8) is 0 Å². The largest absolute Gasteiger partial charge is 0.399 e. The fourth-order valence-electron chi connectivity index (χ4n) is 2.34. The Kier molecular flexibility index (Phi) is 3.50. The third kappa shape index (κ3) is 2.74. The maximum atomic E-state index is 6.09. The van der Waals surface area contributed by atoms with Crippen LogP contribution in [-0.4, -0.2) is 21.9 Å². The van der Waals surface area contributed by atoms with Crippen molar-refractivity contribution in [2.75, 3.05) is 18.1 Å². The molecule has 1 aliphatic rings. The molecule has 5 N–H and O–H groups in total. The van der Waals surface area contributed by atoms with E-state index in [9.17, 15) is 0 Å².